The molecule has 1 fully saturated rings. The zero-order valence-corrected chi connectivity index (χ0v) is 19.6. The third-order valence-electron chi connectivity index (χ3n) is 5.11. The summed E-state index contributed by atoms with van der Waals surface area (Å²) < 4.78 is 10.9. The number of fused-ring (bicyclic) bond motifs is 1. The molecule has 34 heavy (non-hydrogen) atoms. The van der Waals surface area contributed by atoms with E-state index in [1.54, 1.807) is 20.8 Å². The zero-order chi connectivity index (χ0) is 25.3. The van der Waals surface area contributed by atoms with E-state index in [9.17, 15) is 24.9 Å². The molecule has 0 bridgehead atoms. The number of carbonyl (C=O) groups excluding carboxylic acids is 2. The summed E-state index contributed by atoms with van der Waals surface area (Å²) in [4.78, 5) is 39.9. The van der Waals surface area contributed by atoms with Crippen molar-refractivity contribution in [1.29, 1.82) is 0 Å². The van der Waals surface area contributed by atoms with Crippen LogP contribution in [0.1, 0.15) is 34.6 Å². The zero-order valence-electron chi connectivity index (χ0n) is 19.6. The molecule has 3 rings (SSSR count). The summed E-state index contributed by atoms with van der Waals surface area (Å²) in [5, 5.41) is 39.1. The number of carbonyl (C=O) groups is 2. The van der Waals surface area contributed by atoms with Crippen molar-refractivity contribution in [3.63, 3.8) is 0 Å². The van der Waals surface area contributed by atoms with Crippen LogP contribution >= 0.6 is 0 Å². The molecule has 5 atom stereocenters. The quantitative estimate of drug-likeness (QED) is 0.266. The highest BCUT2D eigenvalue weighted by molar-refractivity contribution is 5.89. The van der Waals surface area contributed by atoms with Crippen LogP contribution in [0.5, 0.6) is 0 Å². The van der Waals surface area contributed by atoms with Crippen LogP contribution in [0.2, 0.25) is 0 Å². The van der Waals surface area contributed by atoms with E-state index in [0.29, 0.717) is 11.2 Å². The molecule has 2 aromatic heterocycles. The number of rotatable bonds is 6. The number of amides is 2. The van der Waals surface area contributed by atoms with E-state index in [1.165, 1.54) is 26.5 Å². The average molecular weight is 482 g/mol. The van der Waals surface area contributed by atoms with Gasteiger partial charge in [-0.15, -0.1) is 0 Å². The van der Waals surface area contributed by atoms with Gasteiger partial charge in [-0.3, -0.25) is 4.79 Å². The van der Waals surface area contributed by atoms with Gasteiger partial charge in [-0.05, 0) is 34.6 Å². The molecule has 0 aromatic carbocycles. The van der Waals surface area contributed by atoms with Crippen molar-refractivity contribution in [3.05, 3.63) is 12.7 Å². The smallest absolute Gasteiger partial charge is 0.408 e. The first-order valence-electron chi connectivity index (χ1n) is 10.7. The highest BCUT2D eigenvalue weighted by Crippen LogP contribution is 2.25. The van der Waals surface area contributed by atoms with Gasteiger partial charge < -0.3 is 45.7 Å². The fourth-order valence-corrected chi connectivity index (χ4v) is 3.38. The first kappa shape index (κ1) is 25.6. The second kappa shape index (κ2) is 9.66. The minimum Gasteiger partial charge on any atom is -0.444 e. The Morgan fingerprint density at radius 2 is 1.85 bits per heavy atom. The van der Waals surface area contributed by atoms with E-state index in [1.807, 2.05) is 0 Å². The topological polar surface area (TPSA) is 204 Å². The van der Waals surface area contributed by atoms with Gasteiger partial charge in [0.05, 0.1) is 19.0 Å². The van der Waals surface area contributed by atoms with Crippen molar-refractivity contribution < 1.29 is 34.4 Å². The van der Waals surface area contributed by atoms with E-state index in [-0.39, 0.29) is 5.82 Å². The second-order valence-electron chi connectivity index (χ2n) is 9.48. The summed E-state index contributed by atoms with van der Waals surface area (Å²) in [7, 11) is 0. The fraction of sp³-hybridized carbons (Fsp3) is 0.650. The predicted octanol–water partition coefficient (Wildman–Crippen LogP) is -1.01. The number of nitrogens with one attached hydrogen (secondary N) is 4. The molecule has 0 unspecified atom stereocenters. The summed E-state index contributed by atoms with van der Waals surface area (Å²) in [6, 6.07) is -1.18. The van der Waals surface area contributed by atoms with Gasteiger partial charge in [0, 0.05) is 0 Å². The summed E-state index contributed by atoms with van der Waals surface area (Å²) >= 11 is 0. The highest BCUT2D eigenvalue weighted by Gasteiger charge is 2.46. The van der Waals surface area contributed by atoms with Crippen LogP contribution < -0.4 is 16.0 Å². The van der Waals surface area contributed by atoms with E-state index in [2.05, 4.69) is 35.9 Å². The van der Waals surface area contributed by atoms with Crippen molar-refractivity contribution in [1.82, 2.24) is 30.6 Å². The second-order valence-corrected chi connectivity index (χ2v) is 9.48. The molecule has 0 radical (unpaired) electrons. The lowest BCUT2D eigenvalue weighted by Gasteiger charge is -2.43. The summed E-state index contributed by atoms with van der Waals surface area (Å²) in [5.74, 6) is -0.418. The lowest BCUT2D eigenvalue weighted by Crippen LogP contribution is -2.68. The van der Waals surface area contributed by atoms with Crippen molar-refractivity contribution in [3.8, 4) is 0 Å². The number of aromatic nitrogens is 4. The molecular weight excluding hydrogens is 450 g/mol. The van der Waals surface area contributed by atoms with Gasteiger partial charge in [0.25, 0.3) is 0 Å². The van der Waals surface area contributed by atoms with E-state index in [0.717, 1.165) is 0 Å². The largest absolute Gasteiger partial charge is 0.444 e. The van der Waals surface area contributed by atoms with Crippen LogP contribution in [0.4, 0.5) is 10.6 Å². The maximum Gasteiger partial charge on any atom is 0.408 e. The Balaban J connectivity index is 1.69. The minimum absolute atomic E-state index is 0.264. The van der Waals surface area contributed by atoms with Crippen LogP contribution in [-0.2, 0) is 14.3 Å². The molecule has 1 saturated heterocycles. The Bertz CT molecular complexity index is 1020. The number of aliphatic hydroxyl groups is 3. The SMILES string of the molecule is CC(C)(C)OC(=O)NC(C)(C)C(=O)N[C@@H]1[C@@H](O)[C@H](O)[C@@H](Nc2ncnc3nc[nH]c23)O[C@H]1CO. The number of aromatic amines is 1. The highest BCUT2D eigenvalue weighted by atomic mass is 16.6. The molecule has 1 aliphatic rings. The number of hydrogen-bond acceptors (Lipinski definition) is 11. The first-order valence-corrected chi connectivity index (χ1v) is 10.7. The normalized spacial score (nSPS) is 25.6. The van der Waals surface area contributed by atoms with Gasteiger partial charge in [0.1, 0.15) is 41.3 Å². The molecule has 3 heterocycles. The first-order chi connectivity index (χ1) is 15.8. The summed E-state index contributed by atoms with van der Waals surface area (Å²) in [6.07, 6.45) is -3.40. The van der Waals surface area contributed by atoms with Crippen molar-refractivity contribution >= 4 is 29.0 Å². The van der Waals surface area contributed by atoms with Gasteiger partial charge in [0.15, 0.2) is 17.7 Å². The van der Waals surface area contributed by atoms with E-state index >= 15 is 0 Å². The fourth-order valence-electron chi connectivity index (χ4n) is 3.38. The van der Waals surface area contributed by atoms with Crippen LogP contribution in [-0.4, -0.2) is 95.6 Å². The van der Waals surface area contributed by atoms with Crippen LogP contribution in [0, 0.1) is 0 Å². The average Bonchev–Trinajstić information content (AvgIpc) is 3.21. The van der Waals surface area contributed by atoms with Gasteiger partial charge in [-0.2, -0.15) is 0 Å². The van der Waals surface area contributed by atoms with Gasteiger partial charge >= 0.3 is 6.09 Å². The Morgan fingerprint density at radius 3 is 2.50 bits per heavy atom. The number of nitrogens with zero attached hydrogens (tertiary/aromatic N) is 3. The van der Waals surface area contributed by atoms with Crippen molar-refractivity contribution in [2.24, 2.45) is 0 Å². The van der Waals surface area contributed by atoms with Gasteiger partial charge in [0.2, 0.25) is 5.91 Å². The van der Waals surface area contributed by atoms with Crippen molar-refractivity contribution in [2.45, 2.75) is 76.3 Å². The van der Waals surface area contributed by atoms with E-state index < -0.39 is 60.3 Å². The maximum absolute atomic E-state index is 12.9. The van der Waals surface area contributed by atoms with Gasteiger partial charge in [-0.25, -0.2) is 19.7 Å². The molecule has 0 saturated carbocycles. The predicted molar refractivity (Wildman–Crippen MR) is 118 cm³/mol. The van der Waals surface area contributed by atoms with Gasteiger partial charge in [-0.1, -0.05) is 0 Å². The number of anilines is 1. The molecule has 0 spiro atoms. The maximum atomic E-state index is 12.9. The molecule has 188 valence electrons. The molecule has 14 nitrogen and oxygen atoms in total. The third-order valence-corrected chi connectivity index (χ3v) is 5.11. The molecule has 14 heteroatoms. The third kappa shape index (κ3) is 5.70. The summed E-state index contributed by atoms with van der Waals surface area (Å²) in [6.45, 7) is 7.38. The molecule has 2 aromatic rings. The van der Waals surface area contributed by atoms with E-state index in [4.69, 9.17) is 9.47 Å². The molecule has 7 N–H and O–H groups in total. The number of hydrogen-bond donors (Lipinski definition) is 7. The van der Waals surface area contributed by atoms with Crippen LogP contribution in [0.15, 0.2) is 12.7 Å². The number of ether oxygens (including phenoxy) is 2. The Labute approximate surface area is 195 Å². The molecule has 0 aliphatic carbocycles. The standard InChI is InChI=1S/C20H31N7O7/c1-19(2,3)34-18(32)27-20(4,5)17(31)25-10-9(6-28)33-16(13(30)12(10)29)26-15-11-14(22-7-21-11)23-8-24-15/h7-10,12-13,16,28-30H,6H2,1-5H3,(H,25,31)(H,27,32)(H2,21,22,23,24,26)/t9-,10-,12+,13-,16-/m0/s1. The summed E-state index contributed by atoms with van der Waals surface area (Å²) in [5.41, 5.74) is -1.36. The number of imidazole rings is 1. The molecular formula is C20H31N7O7. The van der Waals surface area contributed by atoms with Crippen LogP contribution in [0.25, 0.3) is 11.2 Å². The lowest BCUT2D eigenvalue weighted by molar-refractivity contribution is -0.186. The number of alkyl carbamates (subject to hydrolysis) is 1. The number of aliphatic hydroxyl groups excluding tert-OH is 3. The monoisotopic (exact) mass is 481 g/mol. The Morgan fingerprint density at radius 1 is 1.15 bits per heavy atom. The van der Waals surface area contributed by atoms with Crippen LogP contribution in [0.3, 0.4) is 0 Å². The Kier molecular flexibility index (Phi) is 7.26. The lowest BCUT2D eigenvalue weighted by atomic mass is 9.94. The molecule has 1 aliphatic heterocycles. The van der Waals surface area contributed by atoms with Crippen molar-refractivity contribution in [2.75, 3.05) is 11.9 Å². The molecule has 2 amide bonds. The number of H-pyrrole nitrogens is 1. The Hall–Kier alpha value is -3.07. The minimum atomic E-state index is -1.52.